The van der Waals surface area contributed by atoms with Gasteiger partial charge in [-0.3, -0.25) is 9.59 Å². The normalized spacial score (nSPS) is 15.0. The predicted molar refractivity (Wildman–Crippen MR) is 107 cm³/mol. The molecule has 1 aliphatic rings. The molecule has 0 saturated heterocycles. The highest BCUT2D eigenvalue weighted by Gasteiger charge is 2.23. The van der Waals surface area contributed by atoms with Crippen molar-refractivity contribution in [2.75, 3.05) is 0 Å². The van der Waals surface area contributed by atoms with E-state index in [1.807, 2.05) is 6.07 Å². The van der Waals surface area contributed by atoms with Gasteiger partial charge in [0.2, 0.25) is 5.91 Å². The van der Waals surface area contributed by atoms with Gasteiger partial charge in [0.05, 0.1) is 4.91 Å². The number of rotatable bonds is 4. The van der Waals surface area contributed by atoms with Crippen molar-refractivity contribution in [2.24, 2.45) is 4.99 Å². The predicted octanol–water partition coefficient (Wildman–Crippen LogP) is 4.27. The number of halogens is 2. The fourth-order valence-electron chi connectivity index (χ4n) is 2.31. The van der Waals surface area contributed by atoms with Crippen LogP contribution in [0.15, 0.2) is 56.8 Å². The minimum atomic E-state index is -0.431. The minimum absolute atomic E-state index is 0.185. The molecular formula is C19H14BrFN2O3S. The summed E-state index contributed by atoms with van der Waals surface area (Å²) >= 11 is 4.48. The van der Waals surface area contributed by atoms with E-state index < -0.39 is 5.91 Å². The Kier molecular flexibility index (Phi) is 6.08. The van der Waals surface area contributed by atoms with Crippen molar-refractivity contribution in [3.63, 3.8) is 0 Å². The zero-order valence-electron chi connectivity index (χ0n) is 14.2. The third kappa shape index (κ3) is 5.27. The van der Waals surface area contributed by atoms with Gasteiger partial charge in [-0.25, -0.2) is 4.39 Å². The van der Waals surface area contributed by atoms with E-state index in [1.54, 1.807) is 30.3 Å². The van der Waals surface area contributed by atoms with Crippen LogP contribution in [0.25, 0.3) is 6.08 Å². The molecule has 0 radical (unpaired) electrons. The van der Waals surface area contributed by atoms with E-state index in [-0.39, 0.29) is 23.5 Å². The van der Waals surface area contributed by atoms with E-state index in [4.69, 9.17) is 4.74 Å². The van der Waals surface area contributed by atoms with Gasteiger partial charge in [0, 0.05) is 17.0 Å². The average Bonchev–Trinajstić information content (AvgIpc) is 2.92. The van der Waals surface area contributed by atoms with Crippen molar-refractivity contribution in [2.45, 2.75) is 13.5 Å². The number of carbonyl (C=O) groups excluding carboxylic acids is 2. The first kappa shape index (κ1) is 19.3. The Morgan fingerprint density at radius 3 is 2.89 bits per heavy atom. The minimum Gasteiger partial charge on any atom is -0.488 e. The molecule has 2 aromatic carbocycles. The lowest BCUT2D eigenvalue weighted by Gasteiger charge is -2.10. The summed E-state index contributed by atoms with van der Waals surface area (Å²) in [6, 6.07) is 11.5. The molecule has 27 heavy (non-hydrogen) atoms. The van der Waals surface area contributed by atoms with E-state index in [9.17, 15) is 14.0 Å². The molecular weight excluding hydrogens is 435 g/mol. The molecule has 0 aliphatic carbocycles. The molecule has 1 N–H and O–H groups in total. The van der Waals surface area contributed by atoms with Crippen LogP contribution in [0.2, 0.25) is 0 Å². The number of thioether (sulfide) groups is 1. The largest absolute Gasteiger partial charge is 0.488 e. The first-order valence-electron chi connectivity index (χ1n) is 7.87. The summed E-state index contributed by atoms with van der Waals surface area (Å²) < 4.78 is 19.9. The van der Waals surface area contributed by atoms with E-state index in [1.165, 1.54) is 19.1 Å². The van der Waals surface area contributed by atoms with Crippen LogP contribution in [0.5, 0.6) is 5.75 Å². The number of amides is 2. The van der Waals surface area contributed by atoms with Gasteiger partial charge in [-0.15, -0.1) is 0 Å². The molecule has 5 nitrogen and oxygen atoms in total. The molecule has 8 heteroatoms. The second-order valence-electron chi connectivity index (χ2n) is 5.61. The van der Waals surface area contributed by atoms with E-state index >= 15 is 0 Å². The molecule has 0 bridgehead atoms. The van der Waals surface area contributed by atoms with Crippen LogP contribution in [-0.4, -0.2) is 17.0 Å². The second kappa shape index (κ2) is 8.49. The van der Waals surface area contributed by atoms with Crippen LogP contribution >= 0.6 is 27.7 Å². The van der Waals surface area contributed by atoms with Crippen molar-refractivity contribution in [3.8, 4) is 5.75 Å². The van der Waals surface area contributed by atoms with Gasteiger partial charge >= 0.3 is 0 Å². The molecule has 0 atom stereocenters. The van der Waals surface area contributed by atoms with E-state index in [0.29, 0.717) is 21.8 Å². The highest BCUT2D eigenvalue weighted by Crippen LogP contribution is 2.32. The van der Waals surface area contributed by atoms with E-state index in [2.05, 4.69) is 26.2 Å². The number of ether oxygens (including phenoxy) is 1. The lowest BCUT2D eigenvalue weighted by molar-refractivity contribution is -0.117. The molecule has 2 amide bonds. The molecule has 1 aliphatic heterocycles. The molecule has 0 spiro atoms. The van der Waals surface area contributed by atoms with Gasteiger partial charge in [0.25, 0.3) is 5.91 Å². The Hall–Kier alpha value is -2.45. The lowest BCUT2D eigenvalue weighted by Crippen LogP contribution is -2.23. The standard InChI is InChI=1S/C19H14BrFN2O3S/c1-11(24)22-19-23-18(25)17(27-19)9-13-8-14(20)5-6-16(13)26-10-12-3-2-4-15(21)7-12/h2-9H,10H2,1H3,(H,22,23,24,25)/b17-9+. The summed E-state index contributed by atoms with van der Waals surface area (Å²) in [7, 11) is 0. The number of nitrogens with zero attached hydrogens (tertiary/aromatic N) is 1. The van der Waals surface area contributed by atoms with Crippen LogP contribution in [-0.2, 0) is 16.2 Å². The van der Waals surface area contributed by atoms with Gasteiger partial charge in [-0.1, -0.05) is 28.1 Å². The number of amidine groups is 1. The fraction of sp³-hybridized carbons (Fsp3) is 0.105. The third-order valence-electron chi connectivity index (χ3n) is 3.45. The molecule has 2 aromatic rings. The van der Waals surface area contributed by atoms with Crippen LogP contribution in [0.4, 0.5) is 4.39 Å². The van der Waals surface area contributed by atoms with Crippen molar-refractivity contribution >= 4 is 50.7 Å². The van der Waals surface area contributed by atoms with Gasteiger partial charge in [0.15, 0.2) is 5.17 Å². The van der Waals surface area contributed by atoms with Crippen molar-refractivity contribution in [1.29, 1.82) is 0 Å². The van der Waals surface area contributed by atoms with Crippen LogP contribution < -0.4 is 10.1 Å². The molecule has 1 heterocycles. The summed E-state index contributed by atoms with van der Waals surface area (Å²) in [5.41, 5.74) is 1.36. The Bertz CT molecular complexity index is 975. The summed E-state index contributed by atoms with van der Waals surface area (Å²) in [5, 5.41) is 2.75. The number of hydrogen-bond acceptors (Lipinski definition) is 4. The first-order chi connectivity index (χ1) is 12.9. The quantitative estimate of drug-likeness (QED) is 0.708. The molecule has 0 saturated carbocycles. The topological polar surface area (TPSA) is 67.8 Å². The number of hydrogen-bond donors (Lipinski definition) is 1. The molecule has 3 rings (SSSR count). The van der Waals surface area contributed by atoms with Gasteiger partial charge in [-0.2, -0.15) is 4.99 Å². The monoisotopic (exact) mass is 448 g/mol. The zero-order valence-corrected chi connectivity index (χ0v) is 16.6. The molecule has 0 unspecified atom stereocenters. The van der Waals surface area contributed by atoms with Crippen LogP contribution in [0, 0.1) is 5.82 Å². The van der Waals surface area contributed by atoms with Crippen LogP contribution in [0.1, 0.15) is 18.1 Å². The van der Waals surface area contributed by atoms with Crippen molar-refractivity contribution in [1.82, 2.24) is 5.32 Å². The molecule has 138 valence electrons. The van der Waals surface area contributed by atoms with Crippen molar-refractivity contribution in [3.05, 3.63) is 68.8 Å². The fourth-order valence-corrected chi connectivity index (χ4v) is 3.54. The maximum Gasteiger partial charge on any atom is 0.286 e. The Morgan fingerprint density at radius 2 is 2.15 bits per heavy atom. The maximum absolute atomic E-state index is 13.3. The lowest BCUT2D eigenvalue weighted by atomic mass is 10.2. The smallest absolute Gasteiger partial charge is 0.286 e. The third-order valence-corrected chi connectivity index (χ3v) is 4.84. The Morgan fingerprint density at radius 1 is 1.33 bits per heavy atom. The number of nitrogens with one attached hydrogen (secondary N) is 1. The van der Waals surface area contributed by atoms with Gasteiger partial charge in [0.1, 0.15) is 18.2 Å². The molecule has 0 fully saturated rings. The Labute approximate surface area is 167 Å². The Balaban J connectivity index is 1.80. The number of aliphatic imine (C=N–C) groups is 1. The SMILES string of the molecule is CC(=O)NC1=NC(=O)/C(=C\c2cc(Br)ccc2OCc2cccc(F)c2)S1. The van der Waals surface area contributed by atoms with E-state index in [0.717, 1.165) is 16.2 Å². The summed E-state index contributed by atoms with van der Waals surface area (Å²) in [4.78, 5) is 27.4. The van der Waals surface area contributed by atoms with Gasteiger partial charge < -0.3 is 10.1 Å². The maximum atomic E-state index is 13.3. The number of carbonyl (C=O) groups is 2. The summed E-state index contributed by atoms with van der Waals surface area (Å²) in [5.74, 6) is -0.516. The second-order valence-corrected chi connectivity index (χ2v) is 7.56. The highest BCUT2D eigenvalue weighted by molar-refractivity contribution is 9.10. The number of benzene rings is 2. The highest BCUT2D eigenvalue weighted by atomic mass is 79.9. The summed E-state index contributed by atoms with van der Waals surface area (Å²) in [6.07, 6.45) is 1.65. The molecule has 0 aromatic heterocycles. The van der Waals surface area contributed by atoms with Crippen molar-refractivity contribution < 1.29 is 18.7 Å². The van der Waals surface area contributed by atoms with Gasteiger partial charge in [-0.05, 0) is 53.7 Å². The first-order valence-corrected chi connectivity index (χ1v) is 9.48. The average molecular weight is 449 g/mol. The summed E-state index contributed by atoms with van der Waals surface area (Å²) in [6.45, 7) is 1.53. The zero-order chi connectivity index (χ0) is 19.4. The van der Waals surface area contributed by atoms with Crippen LogP contribution in [0.3, 0.4) is 0 Å².